The van der Waals surface area contributed by atoms with Crippen molar-refractivity contribution in [1.29, 1.82) is 0 Å². The molecule has 1 unspecified atom stereocenters. The van der Waals surface area contributed by atoms with Gasteiger partial charge in [0, 0.05) is 17.5 Å². The Hall–Kier alpha value is -1.39. The van der Waals surface area contributed by atoms with Crippen LogP contribution in [0.15, 0.2) is 35.7 Å². The third-order valence-electron chi connectivity index (χ3n) is 3.55. The van der Waals surface area contributed by atoms with Crippen LogP contribution in [0.4, 0.5) is 10.1 Å². The van der Waals surface area contributed by atoms with Crippen LogP contribution in [0.2, 0.25) is 0 Å². The van der Waals surface area contributed by atoms with Crippen LogP contribution in [0, 0.1) is 5.82 Å². The minimum absolute atomic E-state index is 0.150. The van der Waals surface area contributed by atoms with Crippen molar-refractivity contribution in [2.75, 3.05) is 18.5 Å². The molecule has 1 aromatic heterocycles. The molecule has 108 valence electrons. The Bertz CT molecular complexity index is 539. The number of nitrogens with zero attached hydrogens (tertiary/aromatic N) is 1. The molecular formula is C16H21FN2S. The summed E-state index contributed by atoms with van der Waals surface area (Å²) in [4.78, 5) is 3.31. The standard InChI is InChI=1S/C16H21FN2S/c1-4-19(11-14-6-5-9-20-14)16-8-7-13(10-15(16)17)12(2)18-3/h5-10,12,18H,4,11H2,1-3H3. The van der Waals surface area contributed by atoms with Gasteiger partial charge in [0.15, 0.2) is 0 Å². The molecule has 20 heavy (non-hydrogen) atoms. The molecule has 1 aromatic carbocycles. The van der Waals surface area contributed by atoms with Gasteiger partial charge in [-0.2, -0.15) is 0 Å². The third-order valence-corrected chi connectivity index (χ3v) is 4.42. The van der Waals surface area contributed by atoms with Crippen molar-refractivity contribution < 1.29 is 4.39 Å². The van der Waals surface area contributed by atoms with Crippen molar-refractivity contribution in [2.45, 2.75) is 26.4 Å². The lowest BCUT2D eigenvalue weighted by atomic mass is 10.1. The second kappa shape index (κ2) is 6.86. The van der Waals surface area contributed by atoms with Crippen LogP contribution in [-0.2, 0) is 6.54 Å². The van der Waals surface area contributed by atoms with Gasteiger partial charge in [0.05, 0.1) is 12.2 Å². The lowest BCUT2D eigenvalue weighted by Gasteiger charge is -2.24. The average molecular weight is 292 g/mol. The van der Waals surface area contributed by atoms with E-state index in [9.17, 15) is 4.39 Å². The predicted octanol–water partition coefficient (Wildman–Crippen LogP) is 4.19. The Labute approximate surface area is 124 Å². The fourth-order valence-corrected chi connectivity index (χ4v) is 2.89. The summed E-state index contributed by atoms with van der Waals surface area (Å²) in [6.07, 6.45) is 0. The zero-order valence-electron chi connectivity index (χ0n) is 12.2. The summed E-state index contributed by atoms with van der Waals surface area (Å²) in [5.74, 6) is -0.150. The van der Waals surface area contributed by atoms with Gasteiger partial charge in [-0.3, -0.25) is 0 Å². The number of halogens is 1. The van der Waals surface area contributed by atoms with E-state index in [-0.39, 0.29) is 11.9 Å². The zero-order valence-corrected chi connectivity index (χ0v) is 13.0. The topological polar surface area (TPSA) is 15.3 Å². The van der Waals surface area contributed by atoms with E-state index in [1.54, 1.807) is 17.4 Å². The first kappa shape index (κ1) is 15.0. The highest BCUT2D eigenvalue weighted by atomic mass is 32.1. The van der Waals surface area contributed by atoms with Crippen LogP contribution >= 0.6 is 11.3 Å². The van der Waals surface area contributed by atoms with Gasteiger partial charge in [-0.05, 0) is 50.0 Å². The maximum absolute atomic E-state index is 14.3. The lowest BCUT2D eigenvalue weighted by Crippen LogP contribution is -2.23. The Morgan fingerprint density at radius 1 is 1.35 bits per heavy atom. The van der Waals surface area contributed by atoms with E-state index in [1.165, 1.54) is 4.88 Å². The monoisotopic (exact) mass is 292 g/mol. The highest BCUT2D eigenvalue weighted by Gasteiger charge is 2.13. The second-order valence-electron chi connectivity index (χ2n) is 4.81. The van der Waals surface area contributed by atoms with E-state index in [0.29, 0.717) is 5.69 Å². The first-order valence-electron chi connectivity index (χ1n) is 6.89. The molecule has 4 heteroatoms. The molecule has 0 spiro atoms. The highest BCUT2D eigenvalue weighted by Crippen LogP contribution is 2.25. The van der Waals surface area contributed by atoms with Gasteiger partial charge < -0.3 is 10.2 Å². The van der Waals surface area contributed by atoms with E-state index >= 15 is 0 Å². The van der Waals surface area contributed by atoms with Crippen molar-refractivity contribution in [3.05, 3.63) is 52.0 Å². The number of hydrogen-bond acceptors (Lipinski definition) is 3. The normalized spacial score (nSPS) is 12.4. The van der Waals surface area contributed by atoms with Crippen LogP contribution < -0.4 is 10.2 Å². The summed E-state index contributed by atoms with van der Waals surface area (Å²) in [6, 6.07) is 9.79. The molecule has 1 N–H and O–H groups in total. The predicted molar refractivity (Wildman–Crippen MR) is 84.9 cm³/mol. The van der Waals surface area contributed by atoms with Gasteiger partial charge in [0.1, 0.15) is 5.82 Å². The summed E-state index contributed by atoms with van der Waals surface area (Å²) in [6.45, 7) is 5.62. The van der Waals surface area contributed by atoms with Crippen LogP contribution in [0.1, 0.15) is 30.3 Å². The number of thiophene rings is 1. The van der Waals surface area contributed by atoms with Crippen molar-refractivity contribution in [3.8, 4) is 0 Å². The molecule has 0 aliphatic carbocycles. The van der Waals surface area contributed by atoms with E-state index in [2.05, 4.69) is 28.6 Å². The van der Waals surface area contributed by atoms with Gasteiger partial charge >= 0.3 is 0 Å². The fourth-order valence-electron chi connectivity index (χ4n) is 2.17. The number of benzene rings is 1. The molecule has 1 heterocycles. The largest absolute Gasteiger partial charge is 0.364 e. The molecule has 2 aromatic rings. The smallest absolute Gasteiger partial charge is 0.146 e. The minimum atomic E-state index is -0.150. The van der Waals surface area contributed by atoms with Crippen LogP contribution in [0.3, 0.4) is 0 Å². The fraction of sp³-hybridized carbons (Fsp3) is 0.375. The van der Waals surface area contributed by atoms with E-state index in [1.807, 2.05) is 32.2 Å². The molecule has 0 radical (unpaired) electrons. The van der Waals surface area contributed by atoms with E-state index in [4.69, 9.17) is 0 Å². The van der Waals surface area contributed by atoms with E-state index < -0.39 is 0 Å². The summed E-state index contributed by atoms with van der Waals surface area (Å²) in [7, 11) is 1.88. The zero-order chi connectivity index (χ0) is 14.5. The second-order valence-corrected chi connectivity index (χ2v) is 5.85. The number of anilines is 1. The summed E-state index contributed by atoms with van der Waals surface area (Å²) in [5, 5.41) is 5.18. The van der Waals surface area contributed by atoms with Crippen molar-refractivity contribution in [2.24, 2.45) is 0 Å². The van der Waals surface area contributed by atoms with Gasteiger partial charge in [-0.15, -0.1) is 11.3 Å². The Morgan fingerprint density at radius 2 is 2.15 bits per heavy atom. The molecule has 0 aliphatic heterocycles. The molecule has 0 aliphatic rings. The number of nitrogens with one attached hydrogen (secondary N) is 1. The molecule has 2 rings (SSSR count). The molecule has 0 bridgehead atoms. The van der Waals surface area contributed by atoms with Gasteiger partial charge in [0.25, 0.3) is 0 Å². The summed E-state index contributed by atoms with van der Waals surface area (Å²) in [5.41, 5.74) is 1.65. The Balaban J connectivity index is 2.21. The van der Waals surface area contributed by atoms with Crippen molar-refractivity contribution in [1.82, 2.24) is 5.32 Å². The molecule has 1 atom stereocenters. The van der Waals surface area contributed by atoms with Crippen molar-refractivity contribution in [3.63, 3.8) is 0 Å². The van der Waals surface area contributed by atoms with Crippen molar-refractivity contribution >= 4 is 17.0 Å². The molecule has 2 nitrogen and oxygen atoms in total. The third kappa shape index (κ3) is 3.38. The molecular weight excluding hydrogens is 271 g/mol. The van der Waals surface area contributed by atoms with Gasteiger partial charge in [0.2, 0.25) is 0 Å². The van der Waals surface area contributed by atoms with Gasteiger partial charge in [-0.1, -0.05) is 12.1 Å². The maximum Gasteiger partial charge on any atom is 0.146 e. The first-order valence-corrected chi connectivity index (χ1v) is 7.77. The first-order chi connectivity index (χ1) is 9.65. The van der Waals surface area contributed by atoms with Crippen LogP contribution in [0.5, 0.6) is 0 Å². The molecule has 0 saturated carbocycles. The Morgan fingerprint density at radius 3 is 2.70 bits per heavy atom. The average Bonchev–Trinajstić information content (AvgIpc) is 2.97. The Kier molecular flexibility index (Phi) is 5.15. The van der Waals surface area contributed by atoms with Gasteiger partial charge in [-0.25, -0.2) is 4.39 Å². The van der Waals surface area contributed by atoms with Crippen LogP contribution in [0.25, 0.3) is 0 Å². The maximum atomic E-state index is 14.3. The summed E-state index contributed by atoms with van der Waals surface area (Å²) >= 11 is 1.70. The number of hydrogen-bond donors (Lipinski definition) is 1. The molecule has 0 saturated heterocycles. The van der Waals surface area contributed by atoms with E-state index in [0.717, 1.165) is 18.7 Å². The quantitative estimate of drug-likeness (QED) is 0.858. The highest BCUT2D eigenvalue weighted by molar-refractivity contribution is 7.09. The SMILES string of the molecule is CCN(Cc1cccs1)c1ccc(C(C)NC)cc1F. The van der Waals surface area contributed by atoms with Crippen LogP contribution in [-0.4, -0.2) is 13.6 Å². The summed E-state index contributed by atoms with van der Waals surface area (Å²) < 4.78 is 14.3. The minimum Gasteiger partial charge on any atom is -0.364 e. The lowest BCUT2D eigenvalue weighted by molar-refractivity contribution is 0.602. The molecule has 0 amide bonds. The number of rotatable bonds is 6. The molecule has 0 fully saturated rings.